The molecular formula is C13H17N5O3. The molecule has 3 atom stereocenters. The Kier molecular flexibility index (Phi) is 2.54. The van der Waals surface area contributed by atoms with Gasteiger partial charge in [0.05, 0.1) is 19.5 Å². The van der Waals surface area contributed by atoms with Crippen LogP contribution >= 0.6 is 0 Å². The molecule has 0 aromatic carbocycles. The Bertz CT molecular complexity index is 692. The highest BCUT2D eigenvalue weighted by Gasteiger charge is 2.67. The number of rotatable bonds is 3. The summed E-state index contributed by atoms with van der Waals surface area (Å²) >= 11 is 0. The smallest absolute Gasteiger partial charge is 0.200 e. The molecule has 112 valence electrons. The van der Waals surface area contributed by atoms with Gasteiger partial charge in [-0.3, -0.25) is 4.57 Å². The molecule has 2 N–H and O–H groups in total. The molecule has 8 nitrogen and oxygen atoms in total. The van der Waals surface area contributed by atoms with E-state index in [0.717, 1.165) is 6.42 Å². The molecule has 2 fully saturated rings. The minimum atomic E-state index is -0.750. The van der Waals surface area contributed by atoms with Crippen molar-refractivity contribution >= 4 is 17.0 Å². The van der Waals surface area contributed by atoms with Crippen molar-refractivity contribution in [1.82, 2.24) is 19.5 Å². The Morgan fingerprint density at radius 2 is 2.24 bits per heavy atom. The van der Waals surface area contributed by atoms with Crippen molar-refractivity contribution in [1.29, 1.82) is 0 Å². The summed E-state index contributed by atoms with van der Waals surface area (Å²) in [4.78, 5) is 12.6. The molecule has 0 saturated carbocycles. The van der Waals surface area contributed by atoms with E-state index in [1.807, 2.05) is 4.57 Å². The SMILES string of the molecule is CC[C@@]12CO[C@](n3cnc4c(N)ncnc43)(CO1)[C@H]2OC. The molecule has 4 rings (SSSR count). The van der Waals surface area contributed by atoms with E-state index in [9.17, 15) is 0 Å². The van der Waals surface area contributed by atoms with Gasteiger partial charge in [-0.2, -0.15) is 0 Å². The Morgan fingerprint density at radius 1 is 1.38 bits per heavy atom. The fourth-order valence-electron chi connectivity index (χ4n) is 3.48. The van der Waals surface area contributed by atoms with Gasteiger partial charge in [0.2, 0.25) is 0 Å². The predicted molar refractivity (Wildman–Crippen MR) is 73.4 cm³/mol. The molecule has 0 amide bonds. The first-order valence-corrected chi connectivity index (χ1v) is 6.91. The molecule has 2 bridgehead atoms. The third kappa shape index (κ3) is 1.42. The quantitative estimate of drug-likeness (QED) is 0.867. The van der Waals surface area contributed by atoms with Crippen molar-refractivity contribution < 1.29 is 14.2 Å². The molecule has 0 radical (unpaired) electrons. The highest BCUT2D eigenvalue weighted by molar-refractivity contribution is 5.81. The van der Waals surface area contributed by atoms with Crippen LogP contribution in [0.1, 0.15) is 13.3 Å². The summed E-state index contributed by atoms with van der Waals surface area (Å²) in [6.45, 7) is 2.96. The number of fused-ring (bicyclic) bond motifs is 3. The van der Waals surface area contributed by atoms with Crippen LogP contribution in [-0.2, 0) is 19.9 Å². The first kappa shape index (κ1) is 12.9. The largest absolute Gasteiger partial charge is 0.382 e. The van der Waals surface area contributed by atoms with E-state index in [1.54, 1.807) is 13.4 Å². The zero-order chi connectivity index (χ0) is 14.7. The van der Waals surface area contributed by atoms with Gasteiger partial charge in [0.15, 0.2) is 17.2 Å². The van der Waals surface area contributed by atoms with Crippen LogP contribution in [0.2, 0.25) is 0 Å². The van der Waals surface area contributed by atoms with Crippen LogP contribution in [0.15, 0.2) is 12.7 Å². The standard InChI is InChI=1S/C13H17N5O3/c1-3-12-4-21-13(5-20-12,11(12)19-2)18-7-17-8-9(14)15-6-16-10(8)18/h6-7,11H,3-5H2,1-2H3,(H2,14,15,16)/t11-,12-,13+/m0/s1. The summed E-state index contributed by atoms with van der Waals surface area (Å²) in [5, 5.41) is 0. The number of hydrogen-bond acceptors (Lipinski definition) is 7. The van der Waals surface area contributed by atoms with Gasteiger partial charge in [-0.1, -0.05) is 6.92 Å². The van der Waals surface area contributed by atoms with E-state index in [2.05, 4.69) is 21.9 Å². The highest BCUT2D eigenvalue weighted by Crippen LogP contribution is 2.50. The minimum Gasteiger partial charge on any atom is -0.382 e. The van der Waals surface area contributed by atoms with Crippen LogP contribution in [-0.4, -0.2) is 51.5 Å². The average Bonchev–Trinajstić information content (AvgIpc) is 3.16. The summed E-state index contributed by atoms with van der Waals surface area (Å²) < 4.78 is 19.7. The van der Waals surface area contributed by atoms with Gasteiger partial charge in [0, 0.05) is 7.11 Å². The Morgan fingerprint density at radius 3 is 2.90 bits per heavy atom. The van der Waals surface area contributed by atoms with Crippen molar-refractivity contribution in [3.8, 4) is 0 Å². The van der Waals surface area contributed by atoms with Gasteiger partial charge in [-0.15, -0.1) is 0 Å². The highest BCUT2D eigenvalue weighted by atomic mass is 16.7. The fourth-order valence-corrected chi connectivity index (χ4v) is 3.48. The second kappa shape index (κ2) is 4.12. The lowest BCUT2D eigenvalue weighted by molar-refractivity contribution is -0.166. The van der Waals surface area contributed by atoms with Crippen LogP contribution in [0, 0.1) is 0 Å². The molecular weight excluding hydrogens is 274 g/mol. The maximum atomic E-state index is 6.10. The Hall–Kier alpha value is -1.77. The summed E-state index contributed by atoms with van der Waals surface area (Å²) in [5.74, 6) is 0.350. The average molecular weight is 291 g/mol. The van der Waals surface area contributed by atoms with Crippen molar-refractivity contribution in [3.63, 3.8) is 0 Å². The van der Waals surface area contributed by atoms with E-state index in [-0.39, 0.29) is 6.10 Å². The third-order valence-electron chi connectivity index (χ3n) is 4.62. The molecule has 0 aliphatic carbocycles. The van der Waals surface area contributed by atoms with Gasteiger partial charge >= 0.3 is 0 Å². The normalized spacial score (nSPS) is 34.9. The number of aromatic nitrogens is 4. The molecule has 2 saturated heterocycles. The molecule has 21 heavy (non-hydrogen) atoms. The van der Waals surface area contributed by atoms with E-state index >= 15 is 0 Å². The molecule has 4 heterocycles. The summed E-state index contributed by atoms with van der Waals surface area (Å²) in [6.07, 6.45) is 3.69. The van der Waals surface area contributed by atoms with Crippen molar-refractivity contribution in [2.45, 2.75) is 30.8 Å². The molecule has 2 aromatic heterocycles. The zero-order valence-electron chi connectivity index (χ0n) is 11.9. The Balaban J connectivity index is 1.91. The number of hydrogen-bond donors (Lipinski definition) is 1. The lowest BCUT2D eigenvalue weighted by Gasteiger charge is -2.30. The lowest BCUT2D eigenvalue weighted by Crippen LogP contribution is -2.46. The molecule has 2 aliphatic heterocycles. The number of nitrogens with zero attached hydrogens (tertiary/aromatic N) is 4. The number of anilines is 1. The van der Waals surface area contributed by atoms with Crippen LogP contribution in [0.4, 0.5) is 5.82 Å². The second-order valence-corrected chi connectivity index (χ2v) is 5.50. The van der Waals surface area contributed by atoms with Crippen LogP contribution in [0.5, 0.6) is 0 Å². The lowest BCUT2D eigenvalue weighted by atomic mass is 9.93. The van der Waals surface area contributed by atoms with Crippen LogP contribution in [0.3, 0.4) is 0 Å². The van der Waals surface area contributed by atoms with Crippen molar-refractivity contribution in [3.05, 3.63) is 12.7 Å². The summed E-state index contributed by atoms with van der Waals surface area (Å²) in [5.41, 5.74) is 5.88. The molecule has 2 aliphatic rings. The third-order valence-corrected chi connectivity index (χ3v) is 4.62. The first-order valence-electron chi connectivity index (χ1n) is 6.91. The van der Waals surface area contributed by atoms with Crippen molar-refractivity contribution in [2.24, 2.45) is 0 Å². The molecule has 0 unspecified atom stereocenters. The van der Waals surface area contributed by atoms with Crippen LogP contribution in [0.25, 0.3) is 11.2 Å². The second-order valence-electron chi connectivity index (χ2n) is 5.50. The number of nitrogens with two attached hydrogens (primary N) is 1. The van der Waals surface area contributed by atoms with Gasteiger partial charge in [-0.25, -0.2) is 15.0 Å². The maximum absolute atomic E-state index is 6.10. The van der Waals surface area contributed by atoms with E-state index < -0.39 is 11.3 Å². The van der Waals surface area contributed by atoms with E-state index in [1.165, 1.54) is 6.33 Å². The number of methoxy groups -OCH3 is 1. The first-order chi connectivity index (χ1) is 10.2. The summed E-state index contributed by atoms with van der Waals surface area (Å²) in [6, 6.07) is 0. The molecule has 2 aromatic rings. The zero-order valence-corrected chi connectivity index (χ0v) is 11.9. The van der Waals surface area contributed by atoms with Gasteiger partial charge in [-0.05, 0) is 6.42 Å². The fraction of sp³-hybridized carbons (Fsp3) is 0.615. The van der Waals surface area contributed by atoms with Gasteiger partial charge in [0.25, 0.3) is 0 Å². The Labute approximate surface area is 121 Å². The molecule has 0 spiro atoms. The topological polar surface area (TPSA) is 97.3 Å². The molecule has 8 heteroatoms. The van der Waals surface area contributed by atoms with E-state index in [4.69, 9.17) is 19.9 Å². The maximum Gasteiger partial charge on any atom is 0.200 e. The monoisotopic (exact) mass is 291 g/mol. The number of ether oxygens (including phenoxy) is 3. The van der Waals surface area contributed by atoms with Crippen LogP contribution < -0.4 is 5.73 Å². The van der Waals surface area contributed by atoms with Crippen molar-refractivity contribution in [2.75, 3.05) is 26.1 Å². The van der Waals surface area contributed by atoms with Gasteiger partial charge < -0.3 is 19.9 Å². The minimum absolute atomic E-state index is 0.219. The predicted octanol–water partition coefficient (Wildman–Crippen LogP) is 0.285. The van der Waals surface area contributed by atoms with Gasteiger partial charge in [0.1, 0.15) is 23.5 Å². The van der Waals surface area contributed by atoms with E-state index in [0.29, 0.717) is 30.2 Å². The summed E-state index contributed by atoms with van der Waals surface area (Å²) in [7, 11) is 1.68. The number of imidazole rings is 1. The number of nitrogen functional groups attached to an aromatic ring is 1.